The van der Waals surface area contributed by atoms with Gasteiger partial charge in [0.05, 0.1) is 10.0 Å². The molecule has 8 heteroatoms. The van der Waals surface area contributed by atoms with Crippen molar-refractivity contribution in [1.29, 1.82) is 0 Å². The summed E-state index contributed by atoms with van der Waals surface area (Å²) in [5.74, 6) is 0.0129. The van der Waals surface area contributed by atoms with Crippen molar-refractivity contribution in [1.82, 2.24) is 10.2 Å². The zero-order chi connectivity index (χ0) is 23.3. The van der Waals surface area contributed by atoms with Crippen molar-refractivity contribution in [3.63, 3.8) is 0 Å². The van der Waals surface area contributed by atoms with Gasteiger partial charge in [-0.3, -0.25) is 9.59 Å². The van der Waals surface area contributed by atoms with Crippen LogP contribution in [0.5, 0.6) is 5.75 Å². The molecule has 1 atom stereocenters. The Morgan fingerprint density at radius 2 is 1.81 bits per heavy atom. The van der Waals surface area contributed by atoms with E-state index in [1.807, 2.05) is 39.8 Å². The second kappa shape index (κ2) is 10.7. The predicted molar refractivity (Wildman–Crippen MR) is 129 cm³/mol. The van der Waals surface area contributed by atoms with E-state index in [-0.39, 0.29) is 25.0 Å². The van der Waals surface area contributed by atoms with Crippen LogP contribution in [0.4, 0.5) is 0 Å². The molecule has 0 aliphatic carbocycles. The fourth-order valence-corrected chi connectivity index (χ4v) is 3.39. The monoisotopic (exact) mass is 528 g/mol. The van der Waals surface area contributed by atoms with E-state index in [2.05, 4.69) is 21.2 Å². The SMILES string of the molecule is Cc1cc(OCC(=O)N(Cc2ccc(Cl)c(Cl)c2)C(C)C(=O)NC(C)(C)C)ccc1Br. The van der Waals surface area contributed by atoms with Crippen molar-refractivity contribution in [3.8, 4) is 5.75 Å². The minimum absolute atomic E-state index is 0.192. The molecule has 0 bridgehead atoms. The molecule has 2 aromatic rings. The number of rotatable bonds is 7. The predicted octanol–water partition coefficient (Wildman–Crippen LogP) is 5.78. The van der Waals surface area contributed by atoms with Crippen molar-refractivity contribution >= 4 is 50.9 Å². The highest BCUT2D eigenvalue weighted by Crippen LogP contribution is 2.24. The van der Waals surface area contributed by atoms with Crippen LogP contribution < -0.4 is 10.1 Å². The van der Waals surface area contributed by atoms with E-state index < -0.39 is 11.6 Å². The zero-order valence-corrected chi connectivity index (χ0v) is 21.4. The molecule has 2 rings (SSSR count). The first-order valence-electron chi connectivity index (χ1n) is 9.82. The Morgan fingerprint density at radius 3 is 2.39 bits per heavy atom. The van der Waals surface area contributed by atoms with Gasteiger partial charge in [-0.1, -0.05) is 45.2 Å². The molecule has 0 aromatic heterocycles. The number of aryl methyl sites for hydroxylation is 1. The van der Waals surface area contributed by atoms with Gasteiger partial charge in [0.15, 0.2) is 6.61 Å². The van der Waals surface area contributed by atoms with Gasteiger partial charge in [-0.2, -0.15) is 0 Å². The Morgan fingerprint density at radius 1 is 1.13 bits per heavy atom. The Balaban J connectivity index is 2.21. The molecule has 0 aliphatic rings. The average molecular weight is 530 g/mol. The van der Waals surface area contributed by atoms with Crippen LogP contribution in [0.25, 0.3) is 0 Å². The van der Waals surface area contributed by atoms with Gasteiger partial charge in [-0.05, 0) is 76.1 Å². The fraction of sp³-hybridized carbons (Fsp3) is 0.391. The Hall–Kier alpha value is -1.76. The molecular weight excluding hydrogens is 503 g/mol. The maximum Gasteiger partial charge on any atom is 0.261 e. The first-order valence-corrected chi connectivity index (χ1v) is 11.4. The van der Waals surface area contributed by atoms with Crippen LogP contribution >= 0.6 is 39.1 Å². The number of carbonyl (C=O) groups is 2. The quantitative estimate of drug-likeness (QED) is 0.495. The summed E-state index contributed by atoms with van der Waals surface area (Å²) >= 11 is 15.6. The largest absolute Gasteiger partial charge is 0.484 e. The second-order valence-corrected chi connectivity index (χ2v) is 10.1. The van der Waals surface area contributed by atoms with E-state index in [1.54, 1.807) is 31.2 Å². The zero-order valence-electron chi connectivity index (χ0n) is 18.3. The van der Waals surface area contributed by atoms with E-state index in [0.29, 0.717) is 15.8 Å². The van der Waals surface area contributed by atoms with Crippen LogP contribution in [-0.4, -0.2) is 34.9 Å². The fourth-order valence-electron chi connectivity index (χ4n) is 2.83. The molecule has 0 spiro atoms. The lowest BCUT2D eigenvalue weighted by Crippen LogP contribution is -2.53. The van der Waals surface area contributed by atoms with Crippen LogP contribution in [0.15, 0.2) is 40.9 Å². The number of nitrogens with one attached hydrogen (secondary N) is 1. The van der Waals surface area contributed by atoms with Crippen molar-refractivity contribution in [3.05, 3.63) is 62.0 Å². The third-order valence-electron chi connectivity index (χ3n) is 4.49. The third-order valence-corrected chi connectivity index (χ3v) is 6.12. The molecule has 2 amide bonds. The number of ether oxygens (including phenoxy) is 1. The Kier molecular flexibility index (Phi) is 8.81. The summed E-state index contributed by atoms with van der Waals surface area (Å²) in [4.78, 5) is 27.3. The van der Waals surface area contributed by atoms with Crippen molar-refractivity contribution in [2.24, 2.45) is 0 Å². The number of amides is 2. The summed E-state index contributed by atoms with van der Waals surface area (Å²) in [6.45, 7) is 9.30. The van der Waals surface area contributed by atoms with E-state index in [9.17, 15) is 9.59 Å². The van der Waals surface area contributed by atoms with Crippen LogP contribution in [0.2, 0.25) is 10.0 Å². The van der Waals surface area contributed by atoms with Gasteiger partial charge in [-0.25, -0.2) is 0 Å². The molecule has 1 N–H and O–H groups in total. The van der Waals surface area contributed by atoms with Crippen LogP contribution in [0.1, 0.15) is 38.8 Å². The van der Waals surface area contributed by atoms with Gasteiger partial charge < -0.3 is 15.0 Å². The number of halogens is 3. The molecule has 0 aliphatic heterocycles. The molecule has 1 unspecified atom stereocenters. The normalized spacial score (nSPS) is 12.3. The first kappa shape index (κ1) is 25.5. The highest BCUT2D eigenvalue weighted by molar-refractivity contribution is 9.10. The summed E-state index contributed by atoms with van der Waals surface area (Å²) in [5.41, 5.74) is 1.34. The molecule has 0 saturated carbocycles. The minimum atomic E-state index is -0.712. The topological polar surface area (TPSA) is 58.6 Å². The second-order valence-electron chi connectivity index (χ2n) is 8.38. The molecule has 0 fully saturated rings. The maximum atomic E-state index is 13.1. The molecule has 5 nitrogen and oxygen atoms in total. The summed E-state index contributed by atoms with van der Waals surface area (Å²) in [6.07, 6.45) is 0. The number of nitrogens with zero attached hydrogens (tertiary/aromatic N) is 1. The molecular formula is C23H27BrCl2N2O3. The Bertz CT molecular complexity index is 960. The molecule has 0 radical (unpaired) electrons. The van der Waals surface area contributed by atoms with Crippen LogP contribution in [0.3, 0.4) is 0 Å². The number of benzene rings is 2. The lowest BCUT2D eigenvalue weighted by molar-refractivity contribution is -0.142. The van der Waals surface area contributed by atoms with Gasteiger partial charge in [0, 0.05) is 16.6 Å². The Labute approximate surface area is 202 Å². The average Bonchev–Trinajstić information content (AvgIpc) is 2.67. The number of hydrogen-bond acceptors (Lipinski definition) is 3. The summed E-state index contributed by atoms with van der Waals surface area (Å²) < 4.78 is 6.66. The molecule has 168 valence electrons. The first-order chi connectivity index (χ1) is 14.4. The third kappa shape index (κ3) is 7.70. The highest BCUT2D eigenvalue weighted by atomic mass is 79.9. The minimum Gasteiger partial charge on any atom is -0.484 e. The van der Waals surface area contributed by atoms with E-state index in [0.717, 1.165) is 15.6 Å². The number of carbonyl (C=O) groups excluding carboxylic acids is 2. The highest BCUT2D eigenvalue weighted by Gasteiger charge is 2.28. The van der Waals surface area contributed by atoms with Crippen LogP contribution in [-0.2, 0) is 16.1 Å². The summed E-state index contributed by atoms with van der Waals surface area (Å²) in [6, 6.07) is 9.92. The molecule has 2 aromatic carbocycles. The van der Waals surface area contributed by atoms with Gasteiger partial charge >= 0.3 is 0 Å². The molecule has 0 heterocycles. The number of hydrogen-bond donors (Lipinski definition) is 1. The van der Waals surface area contributed by atoms with Gasteiger partial charge in [0.25, 0.3) is 5.91 Å². The summed E-state index contributed by atoms with van der Waals surface area (Å²) in [7, 11) is 0. The summed E-state index contributed by atoms with van der Waals surface area (Å²) in [5, 5.41) is 3.74. The van der Waals surface area contributed by atoms with Gasteiger partial charge in [0.1, 0.15) is 11.8 Å². The van der Waals surface area contributed by atoms with E-state index in [4.69, 9.17) is 27.9 Å². The standard InChI is InChI=1S/C23H27BrCl2N2O3/c1-14-10-17(7-8-18(14)24)31-13-21(29)28(15(2)22(30)27-23(3,4)5)12-16-6-9-19(25)20(26)11-16/h6-11,15H,12-13H2,1-5H3,(H,27,30). The van der Waals surface area contributed by atoms with E-state index in [1.165, 1.54) is 4.90 Å². The molecule has 0 saturated heterocycles. The lowest BCUT2D eigenvalue weighted by Gasteiger charge is -2.31. The van der Waals surface area contributed by atoms with E-state index >= 15 is 0 Å². The van der Waals surface area contributed by atoms with Crippen LogP contribution in [0, 0.1) is 6.92 Å². The molecule has 31 heavy (non-hydrogen) atoms. The van der Waals surface area contributed by atoms with Crippen molar-refractivity contribution < 1.29 is 14.3 Å². The maximum absolute atomic E-state index is 13.1. The van der Waals surface area contributed by atoms with Gasteiger partial charge in [0.2, 0.25) is 5.91 Å². The smallest absolute Gasteiger partial charge is 0.261 e. The lowest BCUT2D eigenvalue weighted by atomic mass is 10.1. The van der Waals surface area contributed by atoms with Gasteiger partial charge in [-0.15, -0.1) is 0 Å². The van der Waals surface area contributed by atoms with Crippen molar-refractivity contribution in [2.45, 2.75) is 52.7 Å². The van der Waals surface area contributed by atoms with Crippen molar-refractivity contribution in [2.75, 3.05) is 6.61 Å².